The van der Waals surface area contributed by atoms with Crippen LogP contribution in [-0.2, 0) is 17.4 Å². The molecule has 0 heterocycles. The first-order valence-corrected chi connectivity index (χ1v) is 5.53. The summed E-state index contributed by atoms with van der Waals surface area (Å²) in [5.41, 5.74) is -0.111. The van der Waals surface area contributed by atoms with Crippen LogP contribution in [0.25, 0.3) is 0 Å². The van der Waals surface area contributed by atoms with Gasteiger partial charge < -0.3 is 0 Å². The topological polar surface area (TPSA) is 17.1 Å². The van der Waals surface area contributed by atoms with Crippen LogP contribution in [0.3, 0.4) is 0 Å². The molecule has 1 aromatic rings. The molecule has 1 atom stereocenters. The highest BCUT2D eigenvalue weighted by atomic mass is 19.4. The molecule has 1 unspecified atom stereocenters. The third kappa shape index (κ3) is 3.88. The third-order valence-corrected chi connectivity index (χ3v) is 2.69. The summed E-state index contributed by atoms with van der Waals surface area (Å²) < 4.78 is 37.4. The van der Waals surface area contributed by atoms with Crippen molar-refractivity contribution in [2.45, 2.75) is 32.9 Å². The van der Waals surface area contributed by atoms with Crippen molar-refractivity contribution < 1.29 is 18.0 Å². The zero-order valence-electron chi connectivity index (χ0n) is 9.84. The number of alkyl halides is 3. The van der Waals surface area contributed by atoms with Gasteiger partial charge >= 0.3 is 6.18 Å². The van der Waals surface area contributed by atoms with E-state index in [-0.39, 0.29) is 11.7 Å². The van der Waals surface area contributed by atoms with Crippen LogP contribution < -0.4 is 0 Å². The lowest BCUT2D eigenvalue weighted by Gasteiger charge is -2.11. The van der Waals surface area contributed by atoms with Crippen LogP contribution in [0.15, 0.2) is 24.3 Å². The van der Waals surface area contributed by atoms with E-state index in [4.69, 9.17) is 0 Å². The van der Waals surface area contributed by atoms with Gasteiger partial charge in [-0.2, -0.15) is 13.2 Å². The van der Waals surface area contributed by atoms with Gasteiger partial charge in [-0.1, -0.05) is 32.0 Å². The Bertz CT molecular complexity index is 396. The average molecular weight is 244 g/mol. The molecule has 0 aliphatic heterocycles. The van der Waals surface area contributed by atoms with Gasteiger partial charge in [0.15, 0.2) is 0 Å². The molecular formula is C13H15F3O. The monoisotopic (exact) mass is 244 g/mol. The molecule has 0 aliphatic rings. The molecule has 94 valence electrons. The molecule has 1 rings (SSSR count). The number of ketones is 1. The van der Waals surface area contributed by atoms with E-state index >= 15 is 0 Å². The minimum absolute atomic E-state index is 0.0717. The fourth-order valence-corrected chi connectivity index (χ4v) is 1.69. The van der Waals surface area contributed by atoms with Gasteiger partial charge in [0.2, 0.25) is 0 Å². The molecule has 0 spiro atoms. The van der Waals surface area contributed by atoms with E-state index in [9.17, 15) is 18.0 Å². The zero-order valence-corrected chi connectivity index (χ0v) is 9.84. The Kier molecular flexibility index (Phi) is 4.32. The summed E-state index contributed by atoms with van der Waals surface area (Å²) in [6.07, 6.45) is -3.55. The normalized spacial score (nSPS) is 13.5. The van der Waals surface area contributed by atoms with E-state index in [1.165, 1.54) is 6.07 Å². The molecule has 0 saturated heterocycles. The summed E-state index contributed by atoms with van der Waals surface area (Å²) in [6.45, 7) is 3.50. The van der Waals surface area contributed by atoms with Gasteiger partial charge in [-0.3, -0.25) is 4.79 Å². The van der Waals surface area contributed by atoms with Crippen LogP contribution in [0.4, 0.5) is 13.2 Å². The first-order chi connectivity index (χ1) is 7.84. The van der Waals surface area contributed by atoms with Crippen LogP contribution in [0.2, 0.25) is 0 Å². The van der Waals surface area contributed by atoms with Gasteiger partial charge in [0.1, 0.15) is 5.78 Å². The molecule has 4 heteroatoms. The maximum atomic E-state index is 12.5. The molecule has 0 N–H and O–H groups in total. The number of hydrogen-bond acceptors (Lipinski definition) is 1. The van der Waals surface area contributed by atoms with Gasteiger partial charge in [-0.15, -0.1) is 0 Å². The number of rotatable bonds is 4. The van der Waals surface area contributed by atoms with Gasteiger partial charge in [0.25, 0.3) is 0 Å². The van der Waals surface area contributed by atoms with Crippen LogP contribution in [0.1, 0.15) is 31.4 Å². The van der Waals surface area contributed by atoms with Gasteiger partial charge in [0.05, 0.1) is 5.56 Å². The number of Topliss-reactive ketones (excluding diaryl/α,β-unsaturated/α-hetero) is 1. The minimum atomic E-state index is -4.33. The van der Waals surface area contributed by atoms with Gasteiger partial charge in [-0.05, 0) is 18.1 Å². The lowest BCUT2D eigenvalue weighted by Crippen LogP contribution is -2.13. The first-order valence-electron chi connectivity index (χ1n) is 5.53. The first kappa shape index (κ1) is 13.7. The standard InChI is InChI=1S/C13H15F3O/c1-3-12(17)9(2)7-10-5-4-6-11(8-10)13(14,15)16/h4-6,8-9H,3,7H2,1-2H3. The highest BCUT2D eigenvalue weighted by molar-refractivity contribution is 5.80. The molecule has 1 nitrogen and oxygen atoms in total. The SMILES string of the molecule is CCC(=O)C(C)Cc1cccc(C(F)(F)F)c1. The summed E-state index contributed by atoms with van der Waals surface area (Å²) in [7, 11) is 0. The van der Waals surface area contributed by atoms with Crippen molar-refractivity contribution in [3.63, 3.8) is 0 Å². The van der Waals surface area contributed by atoms with E-state index in [1.54, 1.807) is 19.9 Å². The lowest BCUT2D eigenvalue weighted by molar-refractivity contribution is -0.137. The molecule has 1 aromatic carbocycles. The van der Waals surface area contributed by atoms with Crippen molar-refractivity contribution in [3.05, 3.63) is 35.4 Å². The van der Waals surface area contributed by atoms with Crippen molar-refractivity contribution in [1.82, 2.24) is 0 Å². The molecule has 0 fully saturated rings. The fraction of sp³-hybridized carbons (Fsp3) is 0.462. The van der Waals surface area contributed by atoms with Gasteiger partial charge in [0, 0.05) is 12.3 Å². The highest BCUT2D eigenvalue weighted by Gasteiger charge is 2.30. The van der Waals surface area contributed by atoms with Crippen molar-refractivity contribution >= 4 is 5.78 Å². The van der Waals surface area contributed by atoms with Crippen LogP contribution in [-0.4, -0.2) is 5.78 Å². The van der Waals surface area contributed by atoms with Gasteiger partial charge in [-0.25, -0.2) is 0 Å². The molecule has 0 aliphatic carbocycles. The second-order valence-electron chi connectivity index (χ2n) is 4.12. The quantitative estimate of drug-likeness (QED) is 0.786. The van der Waals surface area contributed by atoms with Crippen LogP contribution in [0.5, 0.6) is 0 Å². The summed E-state index contributed by atoms with van der Waals surface area (Å²) in [6, 6.07) is 5.14. The second kappa shape index (κ2) is 5.34. The molecule has 0 bridgehead atoms. The Hall–Kier alpha value is -1.32. The minimum Gasteiger partial charge on any atom is -0.299 e. The largest absolute Gasteiger partial charge is 0.416 e. The van der Waals surface area contributed by atoms with Crippen LogP contribution in [0, 0.1) is 5.92 Å². The maximum absolute atomic E-state index is 12.5. The maximum Gasteiger partial charge on any atom is 0.416 e. The van der Waals surface area contributed by atoms with Crippen molar-refractivity contribution in [2.75, 3.05) is 0 Å². The fourth-order valence-electron chi connectivity index (χ4n) is 1.69. The summed E-state index contributed by atoms with van der Waals surface area (Å²) in [5, 5.41) is 0. The van der Waals surface area contributed by atoms with Crippen molar-refractivity contribution in [2.24, 2.45) is 5.92 Å². The molecule has 0 saturated carbocycles. The molecule has 0 radical (unpaired) electrons. The lowest BCUT2D eigenvalue weighted by atomic mass is 9.95. The summed E-state index contributed by atoms with van der Waals surface area (Å²) in [5.74, 6) is -0.161. The van der Waals surface area contributed by atoms with E-state index in [0.29, 0.717) is 18.4 Å². The predicted molar refractivity (Wildman–Crippen MR) is 59.6 cm³/mol. The summed E-state index contributed by atoms with van der Waals surface area (Å²) >= 11 is 0. The molecule has 17 heavy (non-hydrogen) atoms. The Morgan fingerprint density at radius 2 is 2.00 bits per heavy atom. The number of carbonyl (C=O) groups excluding carboxylic acids is 1. The number of carbonyl (C=O) groups is 1. The average Bonchev–Trinajstić information content (AvgIpc) is 2.27. The summed E-state index contributed by atoms with van der Waals surface area (Å²) in [4.78, 5) is 11.4. The second-order valence-corrected chi connectivity index (χ2v) is 4.12. The van der Waals surface area contributed by atoms with E-state index in [0.717, 1.165) is 12.1 Å². The van der Waals surface area contributed by atoms with E-state index in [2.05, 4.69) is 0 Å². The van der Waals surface area contributed by atoms with E-state index < -0.39 is 11.7 Å². The number of halogens is 3. The predicted octanol–water partition coefficient (Wildman–Crippen LogP) is 3.86. The molecule has 0 amide bonds. The zero-order chi connectivity index (χ0) is 13.1. The van der Waals surface area contributed by atoms with Crippen molar-refractivity contribution in [3.8, 4) is 0 Å². The number of benzene rings is 1. The molecular weight excluding hydrogens is 229 g/mol. The third-order valence-electron chi connectivity index (χ3n) is 2.69. The number of hydrogen-bond donors (Lipinski definition) is 0. The smallest absolute Gasteiger partial charge is 0.299 e. The Morgan fingerprint density at radius 1 is 1.35 bits per heavy atom. The van der Waals surface area contributed by atoms with Crippen molar-refractivity contribution in [1.29, 1.82) is 0 Å². The van der Waals surface area contributed by atoms with Crippen LogP contribution >= 0.6 is 0 Å². The Balaban J connectivity index is 2.83. The highest BCUT2D eigenvalue weighted by Crippen LogP contribution is 2.30. The van der Waals surface area contributed by atoms with E-state index in [1.807, 2.05) is 0 Å². The Labute approximate surface area is 98.6 Å². The molecule has 0 aromatic heterocycles. The Morgan fingerprint density at radius 3 is 2.53 bits per heavy atom.